The SMILES string of the molecule is C[C@H](O)C1(O)CC[C@@H]2[C@@H]3CCC4=CC(O)CC[C@]4(C)[C@@H]3CC[C@@]21C. The molecule has 0 aromatic heterocycles. The van der Waals surface area contributed by atoms with Crippen molar-refractivity contribution in [1.29, 1.82) is 0 Å². The Morgan fingerprint density at radius 2 is 1.75 bits per heavy atom. The van der Waals surface area contributed by atoms with Gasteiger partial charge in [-0.05, 0) is 81.5 Å². The van der Waals surface area contributed by atoms with Crippen molar-refractivity contribution in [3.05, 3.63) is 11.6 Å². The smallest absolute Gasteiger partial charge is 0.0958 e. The van der Waals surface area contributed by atoms with Crippen LogP contribution >= 0.6 is 0 Å². The fraction of sp³-hybridized carbons (Fsp3) is 0.905. The van der Waals surface area contributed by atoms with Gasteiger partial charge in [-0.25, -0.2) is 0 Å². The number of hydrogen-bond acceptors (Lipinski definition) is 3. The number of allylic oxidation sites excluding steroid dienone is 1. The number of aliphatic hydroxyl groups is 3. The summed E-state index contributed by atoms with van der Waals surface area (Å²) in [7, 11) is 0. The van der Waals surface area contributed by atoms with Crippen LogP contribution in [0.3, 0.4) is 0 Å². The summed E-state index contributed by atoms with van der Waals surface area (Å²) in [6.07, 6.45) is 9.51. The van der Waals surface area contributed by atoms with Crippen molar-refractivity contribution in [2.75, 3.05) is 0 Å². The Kier molecular flexibility index (Phi) is 3.77. The van der Waals surface area contributed by atoms with Crippen LogP contribution < -0.4 is 0 Å². The summed E-state index contributed by atoms with van der Waals surface area (Å²) in [4.78, 5) is 0. The van der Waals surface area contributed by atoms with Gasteiger partial charge in [-0.3, -0.25) is 0 Å². The molecule has 0 spiro atoms. The van der Waals surface area contributed by atoms with Crippen molar-refractivity contribution in [1.82, 2.24) is 0 Å². The van der Waals surface area contributed by atoms with E-state index in [1.54, 1.807) is 6.92 Å². The fourth-order valence-electron chi connectivity index (χ4n) is 7.45. The average Bonchev–Trinajstić information content (AvgIpc) is 2.81. The summed E-state index contributed by atoms with van der Waals surface area (Å²) < 4.78 is 0. The lowest BCUT2D eigenvalue weighted by Gasteiger charge is -2.59. The van der Waals surface area contributed by atoms with Crippen LogP contribution in [0.1, 0.15) is 72.1 Å². The largest absolute Gasteiger partial charge is 0.390 e. The Morgan fingerprint density at radius 1 is 1.04 bits per heavy atom. The molecular formula is C21H34O3. The van der Waals surface area contributed by atoms with E-state index < -0.39 is 11.7 Å². The zero-order valence-corrected chi connectivity index (χ0v) is 15.5. The second-order valence-corrected chi connectivity index (χ2v) is 9.73. The summed E-state index contributed by atoms with van der Waals surface area (Å²) in [6, 6.07) is 0. The van der Waals surface area contributed by atoms with E-state index in [1.807, 2.05) is 0 Å². The van der Waals surface area contributed by atoms with Crippen LogP contribution in [0, 0.1) is 28.6 Å². The van der Waals surface area contributed by atoms with Gasteiger partial charge in [0, 0.05) is 5.41 Å². The molecule has 0 aromatic rings. The molecule has 3 saturated carbocycles. The van der Waals surface area contributed by atoms with Gasteiger partial charge in [-0.2, -0.15) is 0 Å². The molecule has 0 radical (unpaired) electrons. The molecule has 0 aliphatic heterocycles. The van der Waals surface area contributed by atoms with Crippen LogP contribution in [0.15, 0.2) is 11.6 Å². The Hall–Kier alpha value is -0.380. The van der Waals surface area contributed by atoms with Gasteiger partial charge in [-0.15, -0.1) is 0 Å². The second kappa shape index (κ2) is 5.31. The van der Waals surface area contributed by atoms with Gasteiger partial charge < -0.3 is 15.3 Å². The zero-order chi connectivity index (χ0) is 17.3. The minimum absolute atomic E-state index is 0.145. The van der Waals surface area contributed by atoms with Gasteiger partial charge in [-0.1, -0.05) is 25.5 Å². The van der Waals surface area contributed by atoms with E-state index in [-0.39, 0.29) is 16.9 Å². The first-order chi connectivity index (χ1) is 11.2. The van der Waals surface area contributed by atoms with E-state index >= 15 is 0 Å². The van der Waals surface area contributed by atoms with Gasteiger partial charge in [0.2, 0.25) is 0 Å². The highest BCUT2D eigenvalue weighted by atomic mass is 16.3. The van der Waals surface area contributed by atoms with Gasteiger partial charge in [0.15, 0.2) is 0 Å². The molecule has 4 aliphatic rings. The summed E-state index contributed by atoms with van der Waals surface area (Å²) in [6.45, 7) is 6.44. The van der Waals surface area contributed by atoms with E-state index in [4.69, 9.17) is 0 Å². The number of rotatable bonds is 1. The third-order valence-corrected chi connectivity index (χ3v) is 9.00. The second-order valence-electron chi connectivity index (χ2n) is 9.73. The van der Waals surface area contributed by atoms with Crippen molar-refractivity contribution in [3.63, 3.8) is 0 Å². The van der Waals surface area contributed by atoms with E-state index in [1.165, 1.54) is 12.0 Å². The number of fused-ring (bicyclic) bond motifs is 5. The fourth-order valence-corrected chi connectivity index (χ4v) is 7.45. The van der Waals surface area contributed by atoms with Crippen LogP contribution in [0.2, 0.25) is 0 Å². The molecule has 3 nitrogen and oxygen atoms in total. The quantitative estimate of drug-likeness (QED) is 0.644. The van der Waals surface area contributed by atoms with E-state index in [9.17, 15) is 15.3 Å². The van der Waals surface area contributed by atoms with Crippen LogP contribution in [0.25, 0.3) is 0 Å². The monoisotopic (exact) mass is 334 g/mol. The molecule has 3 fully saturated rings. The summed E-state index contributed by atoms with van der Waals surface area (Å²) in [5.74, 6) is 1.87. The highest BCUT2D eigenvalue weighted by Gasteiger charge is 2.65. The van der Waals surface area contributed by atoms with Crippen molar-refractivity contribution < 1.29 is 15.3 Å². The van der Waals surface area contributed by atoms with E-state index in [0.29, 0.717) is 17.8 Å². The minimum atomic E-state index is -0.914. The van der Waals surface area contributed by atoms with Gasteiger partial charge in [0.25, 0.3) is 0 Å². The maximum absolute atomic E-state index is 11.3. The van der Waals surface area contributed by atoms with Crippen molar-refractivity contribution in [3.8, 4) is 0 Å². The first kappa shape index (κ1) is 17.1. The van der Waals surface area contributed by atoms with E-state index in [2.05, 4.69) is 19.9 Å². The molecule has 0 aromatic carbocycles. The standard InChI is InChI=1S/C21H34O3/c1-13(22)21(24)11-8-18-16-5-4-14-12-15(23)6-9-19(14,2)17(16)7-10-20(18,21)3/h12-13,15-18,22-24H,4-11H2,1-3H3/t13-,15?,16+,17+,18+,19-,20-,21?/m0/s1. The topological polar surface area (TPSA) is 60.7 Å². The zero-order valence-electron chi connectivity index (χ0n) is 15.5. The molecule has 4 rings (SSSR count). The van der Waals surface area contributed by atoms with Crippen LogP contribution in [0.4, 0.5) is 0 Å². The molecule has 0 amide bonds. The highest BCUT2D eigenvalue weighted by Crippen LogP contribution is 2.68. The van der Waals surface area contributed by atoms with Crippen molar-refractivity contribution in [2.45, 2.75) is 89.9 Å². The molecule has 3 heteroatoms. The molecule has 2 unspecified atom stereocenters. The summed E-state index contributed by atoms with van der Waals surface area (Å²) >= 11 is 0. The lowest BCUT2D eigenvalue weighted by Crippen LogP contribution is -2.58. The lowest BCUT2D eigenvalue weighted by atomic mass is 9.46. The first-order valence-electron chi connectivity index (χ1n) is 10.0. The minimum Gasteiger partial charge on any atom is -0.390 e. The lowest BCUT2D eigenvalue weighted by molar-refractivity contribution is -0.172. The van der Waals surface area contributed by atoms with Crippen LogP contribution in [-0.4, -0.2) is 33.1 Å². The Morgan fingerprint density at radius 3 is 2.46 bits per heavy atom. The van der Waals surface area contributed by atoms with Crippen molar-refractivity contribution >= 4 is 0 Å². The van der Waals surface area contributed by atoms with Crippen molar-refractivity contribution in [2.24, 2.45) is 28.6 Å². The molecular weight excluding hydrogens is 300 g/mol. The maximum Gasteiger partial charge on any atom is 0.0958 e. The predicted molar refractivity (Wildman–Crippen MR) is 94.3 cm³/mol. The molecule has 3 N–H and O–H groups in total. The summed E-state index contributed by atoms with van der Waals surface area (Å²) in [5, 5.41) is 31.6. The highest BCUT2D eigenvalue weighted by molar-refractivity contribution is 5.26. The van der Waals surface area contributed by atoms with Crippen LogP contribution in [0.5, 0.6) is 0 Å². The maximum atomic E-state index is 11.3. The molecule has 0 heterocycles. The Bertz CT molecular complexity index is 555. The molecule has 4 aliphatic carbocycles. The first-order valence-corrected chi connectivity index (χ1v) is 10.0. The third-order valence-electron chi connectivity index (χ3n) is 9.00. The van der Waals surface area contributed by atoms with Crippen LogP contribution in [-0.2, 0) is 0 Å². The van der Waals surface area contributed by atoms with Gasteiger partial charge >= 0.3 is 0 Å². The Balaban J connectivity index is 1.67. The molecule has 0 bridgehead atoms. The van der Waals surface area contributed by atoms with E-state index in [0.717, 1.165) is 44.9 Å². The van der Waals surface area contributed by atoms with Gasteiger partial charge in [0.05, 0.1) is 17.8 Å². The third kappa shape index (κ3) is 2.01. The number of hydrogen-bond donors (Lipinski definition) is 3. The normalized spacial score (nSPS) is 55.2. The summed E-state index contributed by atoms with van der Waals surface area (Å²) in [5.41, 5.74) is 0.681. The molecule has 8 atom stereocenters. The molecule has 136 valence electrons. The predicted octanol–water partition coefficient (Wildman–Crippen LogP) is 3.42. The van der Waals surface area contributed by atoms with Gasteiger partial charge in [0.1, 0.15) is 0 Å². The number of aliphatic hydroxyl groups excluding tert-OH is 2. The average molecular weight is 335 g/mol. The molecule has 24 heavy (non-hydrogen) atoms. The molecule has 0 saturated heterocycles. The Labute approximate surface area is 146 Å².